The number of carbonyl (C=O) groups excluding carboxylic acids is 1. The SMILES string of the molecule is COc1cc(CCNC(=O)N[C@@H]2CCCC[C@H]2CO)ccc1F. The zero-order valence-electron chi connectivity index (χ0n) is 13.5. The van der Waals surface area contributed by atoms with Gasteiger partial charge in [-0.05, 0) is 37.0 Å². The highest BCUT2D eigenvalue weighted by Crippen LogP contribution is 2.23. The van der Waals surface area contributed by atoms with Crippen molar-refractivity contribution in [2.24, 2.45) is 5.92 Å². The average Bonchev–Trinajstić information content (AvgIpc) is 2.57. The number of nitrogens with one attached hydrogen (secondary N) is 2. The maximum Gasteiger partial charge on any atom is 0.315 e. The van der Waals surface area contributed by atoms with Gasteiger partial charge >= 0.3 is 6.03 Å². The Morgan fingerprint density at radius 2 is 2.17 bits per heavy atom. The third-order valence-corrected chi connectivity index (χ3v) is 4.37. The van der Waals surface area contributed by atoms with Crippen LogP contribution in [0.2, 0.25) is 0 Å². The van der Waals surface area contributed by atoms with Crippen molar-refractivity contribution >= 4 is 6.03 Å². The second kappa shape index (κ2) is 8.72. The molecule has 1 aliphatic carbocycles. The molecule has 0 aromatic heterocycles. The minimum atomic E-state index is -0.394. The molecule has 1 aromatic rings. The second-order valence-corrected chi connectivity index (χ2v) is 5.95. The van der Waals surface area contributed by atoms with Crippen LogP contribution in [0.3, 0.4) is 0 Å². The first kappa shape index (κ1) is 17.5. The van der Waals surface area contributed by atoms with Gasteiger partial charge in [0.1, 0.15) is 0 Å². The van der Waals surface area contributed by atoms with E-state index in [1.54, 1.807) is 12.1 Å². The summed E-state index contributed by atoms with van der Waals surface area (Å²) in [4.78, 5) is 12.0. The summed E-state index contributed by atoms with van der Waals surface area (Å²) in [5, 5.41) is 15.1. The standard InChI is InChI=1S/C17H25FN2O3/c1-23-16-10-12(6-7-14(16)18)8-9-19-17(22)20-15-5-3-2-4-13(15)11-21/h6-7,10,13,15,21H,2-5,8-9,11H2,1H3,(H2,19,20,22)/t13-,15+/m0/s1. The van der Waals surface area contributed by atoms with Gasteiger partial charge in [0.15, 0.2) is 11.6 Å². The Hall–Kier alpha value is -1.82. The van der Waals surface area contributed by atoms with Gasteiger partial charge in [-0.25, -0.2) is 9.18 Å². The third-order valence-electron chi connectivity index (χ3n) is 4.37. The number of hydrogen-bond donors (Lipinski definition) is 3. The summed E-state index contributed by atoms with van der Waals surface area (Å²) < 4.78 is 18.3. The maximum atomic E-state index is 13.3. The Balaban J connectivity index is 1.76. The molecule has 2 amide bonds. The quantitative estimate of drug-likeness (QED) is 0.751. The molecule has 0 aliphatic heterocycles. The van der Waals surface area contributed by atoms with Crippen LogP contribution in [-0.4, -0.2) is 37.4 Å². The van der Waals surface area contributed by atoms with Crippen molar-refractivity contribution in [1.82, 2.24) is 10.6 Å². The first-order chi connectivity index (χ1) is 11.1. The number of amides is 2. The van der Waals surface area contributed by atoms with Crippen molar-refractivity contribution < 1.29 is 19.0 Å². The maximum absolute atomic E-state index is 13.3. The molecule has 1 fully saturated rings. The molecule has 1 saturated carbocycles. The van der Waals surface area contributed by atoms with E-state index < -0.39 is 5.82 Å². The minimum Gasteiger partial charge on any atom is -0.494 e. The lowest BCUT2D eigenvalue weighted by atomic mass is 9.85. The fraction of sp³-hybridized carbons (Fsp3) is 0.588. The predicted molar refractivity (Wildman–Crippen MR) is 86.0 cm³/mol. The van der Waals surface area contributed by atoms with E-state index in [9.17, 15) is 14.3 Å². The highest BCUT2D eigenvalue weighted by atomic mass is 19.1. The van der Waals surface area contributed by atoms with Gasteiger partial charge in [-0.1, -0.05) is 18.9 Å². The second-order valence-electron chi connectivity index (χ2n) is 5.95. The van der Waals surface area contributed by atoms with Crippen LogP contribution in [0.1, 0.15) is 31.2 Å². The van der Waals surface area contributed by atoms with Gasteiger partial charge in [0, 0.05) is 25.1 Å². The van der Waals surface area contributed by atoms with Crippen molar-refractivity contribution in [2.45, 2.75) is 38.1 Å². The number of rotatable bonds is 6. The number of urea groups is 1. The van der Waals surface area contributed by atoms with E-state index in [0.717, 1.165) is 31.2 Å². The lowest BCUT2D eigenvalue weighted by molar-refractivity contribution is 0.154. The molecule has 0 bridgehead atoms. The topological polar surface area (TPSA) is 70.6 Å². The summed E-state index contributed by atoms with van der Waals surface area (Å²) in [7, 11) is 1.43. The van der Waals surface area contributed by atoms with Gasteiger partial charge in [0.2, 0.25) is 0 Å². The van der Waals surface area contributed by atoms with Gasteiger partial charge in [-0.15, -0.1) is 0 Å². The zero-order valence-corrected chi connectivity index (χ0v) is 13.5. The van der Waals surface area contributed by atoms with Crippen molar-refractivity contribution in [3.05, 3.63) is 29.6 Å². The number of methoxy groups -OCH3 is 1. The van der Waals surface area contributed by atoms with E-state index in [-0.39, 0.29) is 30.3 Å². The van der Waals surface area contributed by atoms with E-state index in [1.165, 1.54) is 13.2 Å². The molecule has 0 radical (unpaired) electrons. The molecule has 0 spiro atoms. The summed E-state index contributed by atoms with van der Waals surface area (Å²) in [5.74, 6) is -0.0369. The molecular formula is C17H25FN2O3. The third kappa shape index (κ3) is 5.10. The predicted octanol–water partition coefficient (Wildman–Crippen LogP) is 2.23. The fourth-order valence-electron chi connectivity index (χ4n) is 3.02. The molecule has 0 unspecified atom stereocenters. The van der Waals surface area contributed by atoms with Crippen molar-refractivity contribution in [3.63, 3.8) is 0 Å². The van der Waals surface area contributed by atoms with E-state index in [0.29, 0.717) is 13.0 Å². The Morgan fingerprint density at radius 3 is 2.91 bits per heavy atom. The van der Waals surface area contributed by atoms with Gasteiger partial charge in [0.25, 0.3) is 0 Å². The lowest BCUT2D eigenvalue weighted by Crippen LogP contribution is -2.48. The molecule has 128 valence electrons. The number of halogens is 1. The first-order valence-electron chi connectivity index (χ1n) is 8.11. The molecule has 2 rings (SSSR count). The van der Waals surface area contributed by atoms with Gasteiger partial charge in [-0.2, -0.15) is 0 Å². The van der Waals surface area contributed by atoms with Crippen LogP contribution in [0.25, 0.3) is 0 Å². The van der Waals surface area contributed by atoms with Crippen LogP contribution in [0.5, 0.6) is 5.75 Å². The number of carbonyl (C=O) groups is 1. The van der Waals surface area contributed by atoms with Crippen molar-refractivity contribution in [2.75, 3.05) is 20.3 Å². The number of ether oxygens (including phenoxy) is 1. The number of aliphatic hydroxyl groups is 1. The summed E-state index contributed by atoms with van der Waals surface area (Å²) in [5.41, 5.74) is 0.898. The van der Waals surface area contributed by atoms with E-state index >= 15 is 0 Å². The largest absolute Gasteiger partial charge is 0.494 e. The highest BCUT2D eigenvalue weighted by Gasteiger charge is 2.25. The first-order valence-corrected chi connectivity index (χ1v) is 8.11. The minimum absolute atomic E-state index is 0.0414. The molecule has 2 atom stereocenters. The zero-order chi connectivity index (χ0) is 16.7. The molecule has 1 aliphatic rings. The number of hydrogen-bond acceptors (Lipinski definition) is 3. The summed E-state index contributed by atoms with van der Waals surface area (Å²) >= 11 is 0. The molecule has 5 nitrogen and oxygen atoms in total. The van der Waals surface area contributed by atoms with Crippen LogP contribution in [0, 0.1) is 11.7 Å². The summed E-state index contributed by atoms with van der Waals surface area (Å²) in [6.45, 7) is 0.567. The molecule has 0 heterocycles. The monoisotopic (exact) mass is 324 g/mol. The van der Waals surface area contributed by atoms with Crippen molar-refractivity contribution in [1.29, 1.82) is 0 Å². The van der Waals surface area contributed by atoms with Crippen LogP contribution in [-0.2, 0) is 6.42 Å². The summed E-state index contributed by atoms with van der Waals surface area (Å²) in [6.07, 6.45) is 4.65. The molecular weight excluding hydrogens is 299 g/mol. The Kier molecular flexibility index (Phi) is 6.65. The van der Waals surface area contributed by atoms with Gasteiger partial charge in [-0.3, -0.25) is 0 Å². The Bertz CT molecular complexity index is 525. The molecule has 0 saturated heterocycles. The van der Waals surface area contributed by atoms with Crippen LogP contribution >= 0.6 is 0 Å². The van der Waals surface area contributed by atoms with Gasteiger partial charge in [0.05, 0.1) is 7.11 Å². The molecule has 1 aromatic carbocycles. The lowest BCUT2D eigenvalue weighted by Gasteiger charge is -2.30. The molecule has 23 heavy (non-hydrogen) atoms. The smallest absolute Gasteiger partial charge is 0.315 e. The highest BCUT2D eigenvalue weighted by molar-refractivity contribution is 5.74. The summed E-state index contributed by atoms with van der Waals surface area (Å²) in [6, 6.07) is 4.50. The Morgan fingerprint density at radius 1 is 1.39 bits per heavy atom. The molecule has 3 N–H and O–H groups in total. The molecule has 6 heteroatoms. The normalized spacial score (nSPS) is 20.8. The van der Waals surface area contributed by atoms with Crippen LogP contribution < -0.4 is 15.4 Å². The van der Waals surface area contributed by atoms with E-state index in [4.69, 9.17) is 4.74 Å². The van der Waals surface area contributed by atoms with E-state index in [1.807, 2.05) is 0 Å². The van der Waals surface area contributed by atoms with Crippen LogP contribution in [0.4, 0.5) is 9.18 Å². The van der Waals surface area contributed by atoms with Crippen LogP contribution in [0.15, 0.2) is 18.2 Å². The van der Waals surface area contributed by atoms with Crippen molar-refractivity contribution in [3.8, 4) is 5.75 Å². The van der Waals surface area contributed by atoms with E-state index in [2.05, 4.69) is 10.6 Å². The number of benzene rings is 1. The fourth-order valence-corrected chi connectivity index (χ4v) is 3.02. The Labute approximate surface area is 136 Å². The number of aliphatic hydroxyl groups excluding tert-OH is 1. The van der Waals surface area contributed by atoms with Gasteiger partial charge < -0.3 is 20.5 Å². The average molecular weight is 324 g/mol.